The van der Waals surface area contributed by atoms with Crippen molar-refractivity contribution in [3.63, 3.8) is 0 Å². The second kappa shape index (κ2) is 7.84. The van der Waals surface area contributed by atoms with Crippen LogP contribution in [0.25, 0.3) is 0 Å². The topological polar surface area (TPSA) is 78.4 Å². The van der Waals surface area contributed by atoms with Crippen LogP contribution in [-0.4, -0.2) is 22.2 Å². The first-order chi connectivity index (χ1) is 10.6. The summed E-state index contributed by atoms with van der Waals surface area (Å²) in [5.74, 6) is -0.102. The molecule has 0 spiro atoms. The molecule has 3 N–H and O–H groups in total. The quantitative estimate of drug-likeness (QED) is 0.459. The van der Waals surface area contributed by atoms with Gasteiger partial charge in [-0.3, -0.25) is 15.2 Å². The van der Waals surface area contributed by atoms with E-state index < -0.39 is 0 Å². The summed E-state index contributed by atoms with van der Waals surface area (Å²) in [5, 5.41) is 10.1. The molecule has 0 saturated heterocycles. The van der Waals surface area contributed by atoms with E-state index in [0.717, 1.165) is 16.9 Å². The van der Waals surface area contributed by atoms with Crippen molar-refractivity contribution in [2.45, 2.75) is 6.92 Å². The lowest BCUT2D eigenvalue weighted by Gasteiger charge is -2.05. The van der Waals surface area contributed by atoms with Crippen LogP contribution in [0.15, 0.2) is 53.9 Å². The van der Waals surface area contributed by atoms with Crippen LogP contribution >= 0.6 is 12.2 Å². The summed E-state index contributed by atoms with van der Waals surface area (Å²) in [7, 11) is 0. The lowest BCUT2D eigenvalue weighted by molar-refractivity contribution is -0.114. The number of nitrogens with zero attached hydrogens (tertiary/aromatic N) is 2. The number of benzene rings is 1. The summed E-state index contributed by atoms with van der Waals surface area (Å²) >= 11 is 5.11. The van der Waals surface area contributed by atoms with Crippen LogP contribution in [0.2, 0.25) is 0 Å². The highest BCUT2D eigenvalue weighted by atomic mass is 32.1. The third kappa shape index (κ3) is 5.29. The highest BCUT2D eigenvalue weighted by Crippen LogP contribution is 2.07. The molecular formula is C15H15N5OS. The van der Waals surface area contributed by atoms with E-state index in [1.165, 1.54) is 6.92 Å². The molecule has 1 heterocycles. The normalized spacial score (nSPS) is 10.2. The molecule has 0 unspecified atom stereocenters. The van der Waals surface area contributed by atoms with Gasteiger partial charge in [0.25, 0.3) is 0 Å². The van der Waals surface area contributed by atoms with E-state index in [0.29, 0.717) is 5.11 Å². The Morgan fingerprint density at radius 1 is 1.18 bits per heavy atom. The minimum absolute atomic E-state index is 0.102. The lowest BCUT2D eigenvalue weighted by atomic mass is 10.2. The van der Waals surface area contributed by atoms with Crippen molar-refractivity contribution in [1.82, 2.24) is 10.4 Å². The number of hydrazone groups is 1. The Hall–Kier alpha value is -2.80. The zero-order chi connectivity index (χ0) is 15.8. The molecule has 1 aromatic heterocycles. The van der Waals surface area contributed by atoms with Crippen LogP contribution in [0, 0.1) is 0 Å². The number of hydrogen-bond donors (Lipinski definition) is 3. The molecule has 0 atom stereocenters. The fourth-order valence-electron chi connectivity index (χ4n) is 1.62. The first-order valence-corrected chi connectivity index (χ1v) is 6.92. The van der Waals surface area contributed by atoms with Gasteiger partial charge in [-0.15, -0.1) is 0 Å². The Balaban J connectivity index is 1.84. The Kier molecular flexibility index (Phi) is 5.56. The van der Waals surface area contributed by atoms with E-state index in [2.05, 4.69) is 26.1 Å². The molecule has 0 saturated carbocycles. The average Bonchev–Trinajstić information content (AvgIpc) is 2.49. The number of pyridine rings is 1. The molecule has 0 aliphatic rings. The Morgan fingerprint density at radius 3 is 2.59 bits per heavy atom. The van der Waals surface area contributed by atoms with Gasteiger partial charge in [-0.2, -0.15) is 5.10 Å². The monoisotopic (exact) mass is 313 g/mol. The average molecular weight is 313 g/mol. The Morgan fingerprint density at radius 2 is 1.95 bits per heavy atom. The van der Waals surface area contributed by atoms with Crippen LogP contribution in [0.4, 0.5) is 11.4 Å². The van der Waals surface area contributed by atoms with Crippen molar-refractivity contribution < 1.29 is 4.79 Å². The fraction of sp³-hybridized carbons (Fsp3) is 0.0667. The smallest absolute Gasteiger partial charge is 0.221 e. The minimum atomic E-state index is -0.102. The maximum atomic E-state index is 10.9. The Bertz CT molecular complexity index is 670. The molecule has 0 aliphatic carbocycles. The van der Waals surface area contributed by atoms with Gasteiger partial charge in [-0.1, -0.05) is 12.1 Å². The third-order valence-corrected chi connectivity index (χ3v) is 2.72. The number of amides is 1. The van der Waals surface area contributed by atoms with E-state index in [1.54, 1.807) is 30.7 Å². The van der Waals surface area contributed by atoms with E-state index in [9.17, 15) is 4.79 Å². The van der Waals surface area contributed by atoms with E-state index in [1.807, 2.05) is 24.3 Å². The summed E-state index contributed by atoms with van der Waals surface area (Å²) in [6, 6.07) is 10.9. The van der Waals surface area contributed by atoms with Crippen molar-refractivity contribution in [3.05, 3.63) is 54.4 Å². The van der Waals surface area contributed by atoms with Crippen LogP contribution in [0.3, 0.4) is 0 Å². The summed E-state index contributed by atoms with van der Waals surface area (Å²) < 4.78 is 0. The maximum Gasteiger partial charge on any atom is 0.221 e. The third-order valence-electron chi connectivity index (χ3n) is 2.53. The molecule has 2 rings (SSSR count). The zero-order valence-corrected chi connectivity index (χ0v) is 12.7. The maximum absolute atomic E-state index is 10.9. The zero-order valence-electron chi connectivity index (χ0n) is 11.9. The van der Waals surface area contributed by atoms with Gasteiger partial charge in [0, 0.05) is 18.8 Å². The van der Waals surface area contributed by atoms with Crippen molar-refractivity contribution in [2.24, 2.45) is 5.10 Å². The number of anilines is 2. The van der Waals surface area contributed by atoms with Crippen molar-refractivity contribution in [3.8, 4) is 0 Å². The van der Waals surface area contributed by atoms with Crippen LogP contribution in [0.1, 0.15) is 12.5 Å². The van der Waals surface area contributed by atoms with E-state index in [4.69, 9.17) is 12.2 Å². The van der Waals surface area contributed by atoms with Crippen LogP contribution in [-0.2, 0) is 4.79 Å². The lowest BCUT2D eigenvalue weighted by Crippen LogP contribution is -2.23. The Labute approximate surface area is 133 Å². The number of carbonyl (C=O) groups is 1. The minimum Gasteiger partial charge on any atom is -0.330 e. The summed E-state index contributed by atoms with van der Waals surface area (Å²) in [4.78, 5) is 14.9. The van der Waals surface area contributed by atoms with E-state index >= 15 is 0 Å². The molecule has 1 amide bonds. The molecule has 2 aromatic rings. The van der Waals surface area contributed by atoms with E-state index in [-0.39, 0.29) is 5.91 Å². The highest BCUT2D eigenvalue weighted by molar-refractivity contribution is 7.80. The molecule has 6 nitrogen and oxygen atoms in total. The van der Waals surface area contributed by atoms with Crippen molar-refractivity contribution in [2.75, 3.05) is 10.6 Å². The SMILES string of the molecule is CC(=O)Nc1ccc(C=NNC(=S)Nc2cccnc2)cc1. The molecule has 1 aromatic carbocycles. The summed E-state index contributed by atoms with van der Waals surface area (Å²) in [5.41, 5.74) is 5.13. The van der Waals surface area contributed by atoms with Crippen molar-refractivity contribution in [1.29, 1.82) is 0 Å². The number of hydrogen-bond acceptors (Lipinski definition) is 4. The van der Waals surface area contributed by atoms with Crippen LogP contribution < -0.4 is 16.1 Å². The van der Waals surface area contributed by atoms with Gasteiger partial charge in [0.2, 0.25) is 5.91 Å². The first-order valence-electron chi connectivity index (χ1n) is 6.51. The van der Waals surface area contributed by atoms with Gasteiger partial charge < -0.3 is 10.6 Å². The van der Waals surface area contributed by atoms with Gasteiger partial charge in [0.1, 0.15) is 0 Å². The fourth-order valence-corrected chi connectivity index (χ4v) is 1.79. The molecule has 22 heavy (non-hydrogen) atoms. The van der Waals surface area contributed by atoms with Gasteiger partial charge in [-0.05, 0) is 42.0 Å². The standard InChI is InChI=1S/C15H15N5OS/c1-11(21)18-13-6-4-12(5-7-13)9-17-20-15(22)19-14-3-2-8-16-10-14/h2-10H,1H3,(H,18,21)(H2,19,20,22). The largest absolute Gasteiger partial charge is 0.330 e. The predicted molar refractivity (Wildman–Crippen MR) is 91.9 cm³/mol. The number of nitrogens with one attached hydrogen (secondary N) is 3. The second-order valence-electron chi connectivity index (χ2n) is 4.37. The highest BCUT2D eigenvalue weighted by Gasteiger charge is 1.96. The molecule has 0 aliphatic heterocycles. The summed E-state index contributed by atoms with van der Waals surface area (Å²) in [6.07, 6.45) is 4.98. The number of rotatable bonds is 4. The van der Waals surface area contributed by atoms with Gasteiger partial charge in [0.15, 0.2) is 5.11 Å². The number of aromatic nitrogens is 1. The molecule has 0 fully saturated rings. The molecule has 0 bridgehead atoms. The number of thiocarbonyl (C=S) groups is 1. The van der Waals surface area contributed by atoms with Gasteiger partial charge in [0.05, 0.1) is 18.1 Å². The number of carbonyl (C=O) groups excluding carboxylic acids is 1. The predicted octanol–water partition coefficient (Wildman–Crippen LogP) is 2.36. The van der Waals surface area contributed by atoms with Crippen LogP contribution in [0.5, 0.6) is 0 Å². The van der Waals surface area contributed by atoms with Gasteiger partial charge in [-0.25, -0.2) is 0 Å². The molecule has 0 radical (unpaired) electrons. The summed E-state index contributed by atoms with van der Waals surface area (Å²) in [6.45, 7) is 1.47. The first kappa shape index (κ1) is 15.6. The second-order valence-corrected chi connectivity index (χ2v) is 4.78. The van der Waals surface area contributed by atoms with Gasteiger partial charge >= 0.3 is 0 Å². The molecule has 7 heteroatoms. The molecule has 112 valence electrons. The molecular weight excluding hydrogens is 298 g/mol. The van der Waals surface area contributed by atoms with Crippen molar-refractivity contribution >= 4 is 40.8 Å².